The van der Waals surface area contributed by atoms with Crippen LogP contribution >= 0.6 is 0 Å². The average Bonchev–Trinajstić information content (AvgIpc) is 1.87. The number of hydrogen-bond acceptors (Lipinski definition) is 1. The number of nitrogens with one attached hydrogen (secondary N) is 1. The quantitative estimate of drug-likeness (QED) is 0.589. The molecule has 1 N–H and O–H groups in total. The Hall–Kier alpha value is -0.0400. The lowest BCUT2D eigenvalue weighted by Crippen LogP contribution is -2.17. The lowest BCUT2D eigenvalue weighted by Gasteiger charge is -2.17. The molecule has 59 valence electrons. The van der Waals surface area contributed by atoms with Crippen LogP contribution in [0.25, 0.3) is 0 Å². The van der Waals surface area contributed by atoms with Gasteiger partial charge < -0.3 is 5.32 Å². The van der Waals surface area contributed by atoms with E-state index < -0.39 is 0 Å². The van der Waals surface area contributed by atoms with Crippen molar-refractivity contribution in [2.24, 2.45) is 5.92 Å². The van der Waals surface area contributed by atoms with Crippen LogP contribution in [0.3, 0.4) is 0 Å². The van der Waals surface area contributed by atoms with Crippen molar-refractivity contribution in [3.05, 3.63) is 6.54 Å². The largest absolute Gasteiger partial charge is 0.312 e. The van der Waals surface area contributed by atoms with Crippen LogP contribution in [0.4, 0.5) is 0 Å². The van der Waals surface area contributed by atoms with Crippen LogP contribution in [0.15, 0.2) is 0 Å². The van der Waals surface area contributed by atoms with E-state index in [1.807, 2.05) is 0 Å². The van der Waals surface area contributed by atoms with Gasteiger partial charge in [0.05, 0.1) is 0 Å². The maximum atomic E-state index is 3.31. The highest BCUT2D eigenvalue weighted by Gasteiger charge is 2.07. The van der Waals surface area contributed by atoms with Crippen LogP contribution < -0.4 is 5.32 Å². The van der Waals surface area contributed by atoms with E-state index in [0.717, 1.165) is 5.92 Å². The van der Waals surface area contributed by atoms with Crippen molar-refractivity contribution < 1.29 is 0 Å². The fraction of sp³-hybridized carbons (Fsp3) is 0.889. The molecule has 1 heterocycles. The molecule has 0 bridgehead atoms. The number of rotatable bonds is 1. The molecule has 1 rings (SSSR count). The van der Waals surface area contributed by atoms with Gasteiger partial charge in [-0.2, -0.15) is 0 Å². The topological polar surface area (TPSA) is 12.0 Å². The Morgan fingerprint density at radius 2 is 2.40 bits per heavy atom. The predicted molar refractivity (Wildman–Crippen MR) is 44.6 cm³/mol. The molecule has 0 aromatic rings. The summed E-state index contributed by atoms with van der Waals surface area (Å²) in [6.07, 6.45) is 6.81. The Labute approximate surface area is 64.2 Å². The highest BCUT2D eigenvalue weighted by Crippen LogP contribution is 2.18. The summed E-state index contributed by atoms with van der Waals surface area (Å²) in [7, 11) is 0. The van der Waals surface area contributed by atoms with Gasteiger partial charge in [0.2, 0.25) is 0 Å². The second kappa shape index (κ2) is 4.73. The third-order valence-electron chi connectivity index (χ3n) is 2.37. The highest BCUT2D eigenvalue weighted by atomic mass is 14.8. The first-order chi connectivity index (χ1) is 4.93. The van der Waals surface area contributed by atoms with Crippen LogP contribution in [0, 0.1) is 12.5 Å². The summed E-state index contributed by atoms with van der Waals surface area (Å²) in [6.45, 7) is 5.72. The van der Waals surface area contributed by atoms with E-state index in [1.165, 1.54) is 38.6 Å². The second-order valence-electron chi connectivity index (χ2n) is 3.15. The van der Waals surface area contributed by atoms with Gasteiger partial charge in [0, 0.05) is 6.54 Å². The van der Waals surface area contributed by atoms with Crippen LogP contribution in [-0.4, -0.2) is 6.54 Å². The molecule has 0 aromatic heterocycles. The van der Waals surface area contributed by atoms with E-state index >= 15 is 0 Å². The second-order valence-corrected chi connectivity index (χ2v) is 3.15. The smallest absolute Gasteiger partial charge is 0.0221 e. The van der Waals surface area contributed by atoms with Gasteiger partial charge in [-0.3, -0.25) is 0 Å². The van der Waals surface area contributed by atoms with Crippen LogP contribution in [-0.2, 0) is 0 Å². The van der Waals surface area contributed by atoms with Gasteiger partial charge in [0.15, 0.2) is 0 Å². The fourth-order valence-corrected chi connectivity index (χ4v) is 1.57. The molecule has 0 saturated carbocycles. The first-order valence-electron chi connectivity index (χ1n) is 4.48. The number of hydrogen-bond donors (Lipinski definition) is 1. The molecule has 1 unspecified atom stereocenters. The van der Waals surface area contributed by atoms with E-state index in [4.69, 9.17) is 0 Å². The van der Waals surface area contributed by atoms with Crippen LogP contribution in [0.2, 0.25) is 0 Å². The Bertz CT molecular complexity index is 72.8. The molecule has 1 saturated heterocycles. The van der Waals surface area contributed by atoms with Crippen molar-refractivity contribution in [2.45, 2.75) is 39.0 Å². The van der Waals surface area contributed by atoms with Gasteiger partial charge >= 0.3 is 0 Å². The van der Waals surface area contributed by atoms with Crippen LogP contribution in [0.1, 0.15) is 39.0 Å². The zero-order chi connectivity index (χ0) is 7.23. The summed E-state index contributed by atoms with van der Waals surface area (Å²) in [5.74, 6) is 0.998. The highest BCUT2D eigenvalue weighted by molar-refractivity contribution is 4.70. The van der Waals surface area contributed by atoms with Gasteiger partial charge in [-0.25, -0.2) is 0 Å². The maximum Gasteiger partial charge on any atom is 0.0221 e. The normalized spacial score (nSPS) is 23.7. The fourth-order valence-electron chi connectivity index (χ4n) is 1.57. The van der Waals surface area contributed by atoms with Gasteiger partial charge in [0.25, 0.3) is 0 Å². The standard InChI is InChI=1S/C9H18N/c1-2-9-5-3-7-10-8-4-6-9/h7,9-10H,2-6,8H2,1H3. The Kier molecular flexibility index (Phi) is 3.81. The molecule has 1 atom stereocenters. The van der Waals surface area contributed by atoms with Crippen molar-refractivity contribution in [2.75, 3.05) is 6.54 Å². The van der Waals surface area contributed by atoms with E-state index in [2.05, 4.69) is 18.8 Å². The van der Waals surface area contributed by atoms with E-state index in [-0.39, 0.29) is 0 Å². The molecular weight excluding hydrogens is 122 g/mol. The molecule has 0 spiro atoms. The Morgan fingerprint density at radius 1 is 1.50 bits per heavy atom. The van der Waals surface area contributed by atoms with Crippen molar-refractivity contribution in [1.82, 2.24) is 5.32 Å². The molecular formula is C9H18N. The van der Waals surface area contributed by atoms with Gasteiger partial charge in [-0.1, -0.05) is 13.3 Å². The van der Waals surface area contributed by atoms with E-state index in [9.17, 15) is 0 Å². The summed E-state index contributed by atoms with van der Waals surface area (Å²) < 4.78 is 0. The Morgan fingerprint density at radius 3 is 3.20 bits per heavy atom. The predicted octanol–water partition coefficient (Wildman–Crippen LogP) is 2.34. The summed E-state index contributed by atoms with van der Waals surface area (Å²) >= 11 is 0. The molecule has 10 heavy (non-hydrogen) atoms. The molecule has 1 aliphatic rings. The summed E-state index contributed by atoms with van der Waals surface area (Å²) in [6, 6.07) is 0. The summed E-state index contributed by atoms with van der Waals surface area (Å²) in [5, 5.41) is 3.31. The minimum atomic E-state index is 0.998. The van der Waals surface area contributed by atoms with Crippen molar-refractivity contribution in [3.63, 3.8) is 0 Å². The first-order valence-corrected chi connectivity index (χ1v) is 4.48. The third kappa shape index (κ3) is 2.70. The molecule has 0 amide bonds. The zero-order valence-corrected chi connectivity index (χ0v) is 6.90. The van der Waals surface area contributed by atoms with Gasteiger partial charge in [-0.15, -0.1) is 0 Å². The first kappa shape index (κ1) is 8.06. The maximum absolute atomic E-state index is 3.31. The molecule has 1 nitrogen and oxygen atoms in total. The van der Waals surface area contributed by atoms with E-state index in [1.54, 1.807) is 0 Å². The van der Waals surface area contributed by atoms with Gasteiger partial charge in [0.1, 0.15) is 0 Å². The Balaban J connectivity index is 2.16. The lowest BCUT2D eigenvalue weighted by molar-refractivity contribution is 0.396. The molecule has 0 aromatic carbocycles. The molecule has 1 aliphatic heterocycles. The molecule has 1 fully saturated rings. The average molecular weight is 140 g/mol. The minimum absolute atomic E-state index is 0.998. The van der Waals surface area contributed by atoms with Gasteiger partial charge in [-0.05, 0) is 38.1 Å². The molecule has 1 radical (unpaired) electrons. The molecule has 1 heteroatoms. The van der Waals surface area contributed by atoms with Crippen molar-refractivity contribution in [3.8, 4) is 0 Å². The SMILES string of the molecule is CCC1CC[CH]NCCC1. The lowest BCUT2D eigenvalue weighted by atomic mass is 9.94. The third-order valence-corrected chi connectivity index (χ3v) is 2.37. The van der Waals surface area contributed by atoms with E-state index in [0.29, 0.717) is 0 Å². The van der Waals surface area contributed by atoms with Crippen molar-refractivity contribution in [1.29, 1.82) is 0 Å². The zero-order valence-electron chi connectivity index (χ0n) is 6.90. The minimum Gasteiger partial charge on any atom is -0.312 e. The molecule has 0 aliphatic carbocycles. The van der Waals surface area contributed by atoms with Crippen molar-refractivity contribution >= 4 is 0 Å². The monoisotopic (exact) mass is 140 g/mol. The summed E-state index contributed by atoms with van der Waals surface area (Å²) in [5.41, 5.74) is 0. The summed E-state index contributed by atoms with van der Waals surface area (Å²) in [4.78, 5) is 0. The van der Waals surface area contributed by atoms with Crippen LogP contribution in [0.5, 0.6) is 0 Å².